The lowest BCUT2D eigenvalue weighted by molar-refractivity contribution is 0.201. The minimum atomic E-state index is -0.517. The highest BCUT2D eigenvalue weighted by atomic mass is 33.1. The Labute approximate surface area is 136 Å². The molecule has 7 heteroatoms. The third-order valence-corrected chi connectivity index (χ3v) is 5.27. The van der Waals surface area contributed by atoms with E-state index in [0.29, 0.717) is 17.9 Å². The van der Waals surface area contributed by atoms with E-state index in [-0.39, 0.29) is 0 Å². The van der Waals surface area contributed by atoms with Gasteiger partial charge in [0.1, 0.15) is 11.3 Å². The Morgan fingerprint density at radius 2 is 2.14 bits per heavy atom. The number of aryl methyl sites for hydroxylation is 1. The molecule has 0 aliphatic carbocycles. The summed E-state index contributed by atoms with van der Waals surface area (Å²) in [4.78, 5) is 23.0. The van der Waals surface area contributed by atoms with Crippen molar-refractivity contribution in [3.8, 4) is 5.75 Å². The van der Waals surface area contributed by atoms with Gasteiger partial charge in [-0.3, -0.25) is 0 Å². The second kappa shape index (κ2) is 8.14. The molecule has 0 spiro atoms. The molecule has 22 heavy (non-hydrogen) atoms. The van der Waals surface area contributed by atoms with Crippen LogP contribution in [0, 0.1) is 6.92 Å². The van der Waals surface area contributed by atoms with Gasteiger partial charge in [-0.25, -0.2) is 9.59 Å². The maximum absolute atomic E-state index is 11.7. The molecule has 2 rings (SSSR count). The van der Waals surface area contributed by atoms with E-state index in [2.05, 4.69) is 12.2 Å². The van der Waals surface area contributed by atoms with Crippen LogP contribution in [-0.4, -0.2) is 24.1 Å². The Bertz CT molecular complexity index is 714. The summed E-state index contributed by atoms with van der Waals surface area (Å²) in [5, 5.41) is 3.49. The predicted octanol–water partition coefficient (Wildman–Crippen LogP) is 3.59. The number of hydrogen-bond donors (Lipinski definition) is 1. The van der Waals surface area contributed by atoms with Gasteiger partial charge >= 0.3 is 11.7 Å². The number of carbonyl (C=O) groups is 1. The van der Waals surface area contributed by atoms with Crippen molar-refractivity contribution in [2.45, 2.75) is 13.8 Å². The number of fused-ring (bicyclic) bond motifs is 1. The van der Waals surface area contributed by atoms with E-state index in [4.69, 9.17) is 9.15 Å². The van der Waals surface area contributed by atoms with Crippen LogP contribution in [0.25, 0.3) is 11.0 Å². The van der Waals surface area contributed by atoms with E-state index in [9.17, 15) is 9.59 Å². The maximum atomic E-state index is 11.7. The van der Waals surface area contributed by atoms with Crippen molar-refractivity contribution in [2.24, 2.45) is 0 Å². The van der Waals surface area contributed by atoms with Crippen molar-refractivity contribution >= 4 is 38.7 Å². The van der Waals surface area contributed by atoms with Crippen LogP contribution >= 0.6 is 21.6 Å². The highest BCUT2D eigenvalue weighted by Crippen LogP contribution is 2.22. The molecule has 0 unspecified atom stereocenters. The maximum Gasteiger partial charge on any atom is 0.412 e. The standard InChI is InChI=1S/C15H17NO4S2/c1-3-21-22-7-6-16-15(18)19-11-4-5-12-10(2)8-14(17)20-13(12)9-11/h4-5,8-9H,3,6-7H2,1-2H3,(H,16,18). The molecule has 1 heterocycles. The van der Waals surface area contributed by atoms with Crippen LogP contribution in [-0.2, 0) is 0 Å². The Balaban J connectivity index is 1.97. The second-order valence-corrected chi connectivity index (χ2v) is 7.32. The number of ether oxygens (including phenoxy) is 1. The normalized spacial score (nSPS) is 10.6. The SMILES string of the molecule is CCSSCCNC(=O)Oc1ccc2c(C)cc(=O)oc2c1. The number of carbonyl (C=O) groups excluding carboxylic acids is 1. The first-order valence-corrected chi connectivity index (χ1v) is 9.33. The summed E-state index contributed by atoms with van der Waals surface area (Å²) < 4.78 is 10.3. The molecular formula is C15H17NO4S2. The molecule has 0 fully saturated rings. The molecule has 0 saturated heterocycles. The number of rotatable bonds is 6. The highest BCUT2D eigenvalue weighted by molar-refractivity contribution is 8.76. The minimum Gasteiger partial charge on any atom is -0.423 e. The van der Waals surface area contributed by atoms with Crippen LogP contribution in [0.2, 0.25) is 0 Å². The lowest BCUT2D eigenvalue weighted by Crippen LogP contribution is -2.28. The van der Waals surface area contributed by atoms with Crippen molar-refractivity contribution in [1.82, 2.24) is 5.32 Å². The van der Waals surface area contributed by atoms with Gasteiger partial charge in [-0.1, -0.05) is 28.5 Å². The van der Waals surface area contributed by atoms with Gasteiger partial charge in [0.05, 0.1) is 0 Å². The molecule has 0 atom stereocenters. The molecule has 1 N–H and O–H groups in total. The zero-order valence-electron chi connectivity index (χ0n) is 12.4. The average molecular weight is 339 g/mol. The highest BCUT2D eigenvalue weighted by Gasteiger charge is 2.07. The summed E-state index contributed by atoms with van der Waals surface area (Å²) >= 11 is 0. The number of benzene rings is 1. The van der Waals surface area contributed by atoms with Crippen molar-refractivity contribution in [1.29, 1.82) is 0 Å². The molecule has 0 saturated carbocycles. The summed E-state index contributed by atoms with van der Waals surface area (Å²) in [6.07, 6.45) is -0.517. The number of nitrogens with one attached hydrogen (secondary N) is 1. The number of hydrogen-bond acceptors (Lipinski definition) is 6. The molecule has 1 aromatic carbocycles. The fourth-order valence-corrected chi connectivity index (χ4v) is 3.42. The smallest absolute Gasteiger partial charge is 0.412 e. The van der Waals surface area contributed by atoms with Crippen molar-refractivity contribution < 1.29 is 13.9 Å². The molecule has 118 valence electrons. The topological polar surface area (TPSA) is 68.5 Å². The first kappa shape index (κ1) is 16.8. The monoisotopic (exact) mass is 339 g/mol. The lowest BCUT2D eigenvalue weighted by Gasteiger charge is -2.07. The lowest BCUT2D eigenvalue weighted by atomic mass is 10.1. The average Bonchev–Trinajstić information content (AvgIpc) is 2.46. The van der Waals surface area contributed by atoms with Crippen LogP contribution in [0.1, 0.15) is 12.5 Å². The zero-order chi connectivity index (χ0) is 15.9. The minimum absolute atomic E-state index is 0.342. The third-order valence-electron chi connectivity index (χ3n) is 2.79. The van der Waals surface area contributed by atoms with Crippen molar-refractivity contribution in [3.05, 3.63) is 40.2 Å². The first-order valence-electron chi connectivity index (χ1n) is 6.84. The van der Waals surface area contributed by atoms with Crippen LogP contribution in [0.15, 0.2) is 33.5 Å². The van der Waals surface area contributed by atoms with Gasteiger partial charge in [0, 0.05) is 35.6 Å². The van der Waals surface area contributed by atoms with Crippen LogP contribution < -0.4 is 15.7 Å². The van der Waals surface area contributed by atoms with E-state index in [1.54, 1.807) is 39.8 Å². The van der Waals surface area contributed by atoms with Crippen LogP contribution in [0.3, 0.4) is 0 Å². The predicted molar refractivity (Wildman–Crippen MR) is 91.8 cm³/mol. The fraction of sp³-hybridized carbons (Fsp3) is 0.333. The quantitative estimate of drug-likeness (QED) is 0.493. The van der Waals surface area contributed by atoms with Crippen LogP contribution in [0.4, 0.5) is 4.79 Å². The van der Waals surface area contributed by atoms with Crippen molar-refractivity contribution in [3.63, 3.8) is 0 Å². The summed E-state index contributed by atoms with van der Waals surface area (Å²) in [6, 6.07) is 6.42. The van der Waals surface area contributed by atoms with E-state index < -0.39 is 11.7 Å². The van der Waals surface area contributed by atoms with E-state index in [0.717, 1.165) is 22.5 Å². The first-order chi connectivity index (χ1) is 10.6. The van der Waals surface area contributed by atoms with Gasteiger partial charge in [-0.05, 0) is 24.6 Å². The largest absolute Gasteiger partial charge is 0.423 e. The molecule has 0 aliphatic rings. The summed E-state index contributed by atoms with van der Waals surface area (Å²) in [6.45, 7) is 4.45. The van der Waals surface area contributed by atoms with E-state index in [1.807, 2.05) is 6.92 Å². The van der Waals surface area contributed by atoms with Gasteiger partial charge in [0.2, 0.25) is 0 Å². The summed E-state index contributed by atoms with van der Waals surface area (Å²) in [5.41, 5.74) is 0.815. The fourth-order valence-electron chi connectivity index (χ4n) is 1.85. The van der Waals surface area contributed by atoms with Gasteiger partial charge in [-0.2, -0.15) is 0 Å². The molecular weight excluding hydrogens is 322 g/mol. The van der Waals surface area contributed by atoms with Gasteiger partial charge < -0.3 is 14.5 Å². The molecule has 0 aliphatic heterocycles. The van der Waals surface area contributed by atoms with Gasteiger partial charge in [-0.15, -0.1) is 0 Å². The molecule has 5 nitrogen and oxygen atoms in total. The van der Waals surface area contributed by atoms with Crippen LogP contribution in [0.5, 0.6) is 5.75 Å². The van der Waals surface area contributed by atoms with Gasteiger partial charge in [0.15, 0.2) is 0 Å². The summed E-state index contributed by atoms with van der Waals surface area (Å²) in [7, 11) is 3.45. The molecule has 0 radical (unpaired) electrons. The summed E-state index contributed by atoms with van der Waals surface area (Å²) in [5.74, 6) is 2.20. The number of amides is 1. The third kappa shape index (κ3) is 4.71. The Morgan fingerprint density at radius 1 is 1.32 bits per heavy atom. The van der Waals surface area contributed by atoms with Crippen molar-refractivity contribution in [2.75, 3.05) is 18.1 Å². The molecule has 1 aromatic heterocycles. The second-order valence-electron chi connectivity index (χ2n) is 4.45. The molecule has 2 aromatic rings. The van der Waals surface area contributed by atoms with E-state index in [1.165, 1.54) is 6.07 Å². The Hall–Kier alpha value is -1.60. The molecule has 1 amide bonds. The van der Waals surface area contributed by atoms with Gasteiger partial charge in [0.25, 0.3) is 0 Å². The zero-order valence-corrected chi connectivity index (χ0v) is 14.0. The Kier molecular flexibility index (Phi) is 6.21. The Morgan fingerprint density at radius 3 is 2.91 bits per heavy atom. The van der Waals surface area contributed by atoms with E-state index >= 15 is 0 Å². The molecule has 0 bridgehead atoms.